The lowest BCUT2D eigenvalue weighted by atomic mass is 9.71. The van der Waals surface area contributed by atoms with Gasteiger partial charge in [0.25, 0.3) is 5.91 Å². The van der Waals surface area contributed by atoms with E-state index in [1.54, 1.807) is 58.8 Å². The Kier molecular flexibility index (Phi) is 7.60. The topological polar surface area (TPSA) is 87.2 Å². The first kappa shape index (κ1) is 25.1. The number of unbranched alkanes of at least 4 members (excludes halogenated alkanes) is 1. The lowest BCUT2D eigenvalue weighted by Gasteiger charge is -2.37. The normalized spacial score (nSPS) is 29.3. The molecular formula is C25H31ClN2O5S. The minimum absolute atomic E-state index is 0.0187. The van der Waals surface area contributed by atoms with E-state index in [1.807, 2.05) is 0 Å². The Hall–Kier alpha value is -2.03. The molecule has 3 heterocycles. The first-order chi connectivity index (χ1) is 16.4. The van der Waals surface area contributed by atoms with Crippen molar-refractivity contribution in [3.05, 3.63) is 41.9 Å². The number of benzene rings is 1. The molecule has 184 valence electrons. The lowest BCUT2D eigenvalue weighted by molar-refractivity contribution is -0.153. The van der Waals surface area contributed by atoms with Gasteiger partial charge in [0, 0.05) is 35.7 Å². The van der Waals surface area contributed by atoms with Gasteiger partial charge in [-0.15, -0.1) is 18.3 Å². The maximum absolute atomic E-state index is 14.2. The van der Waals surface area contributed by atoms with E-state index in [0.717, 1.165) is 6.42 Å². The number of fused-ring (bicyclic) bond motifs is 1. The van der Waals surface area contributed by atoms with Crippen LogP contribution in [0.3, 0.4) is 0 Å². The summed E-state index contributed by atoms with van der Waals surface area (Å²) in [6.07, 6.45) is 4.25. The SMILES string of the molecule is C=CCN(C(=O)C1N(CCCCO)C(=O)[C@@H]2[C@@H](C(=O)OCC)[C@H]3CCC12S3)c1ccc(Cl)cc1. The molecule has 0 aliphatic carbocycles. The van der Waals surface area contributed by atoms with Gasteiger partial charge in [0.1, 0.15) is 6.04 Å². The van der Waals surface area contributed by atoms with Gasteiger partial charge in [0.05, 0.1) is 23.2 Å². The van der Waals surface area contributed by atoms with Gasteiger partial charge in [0.2, 0.25) is 5.91 Å². The fraction of sp³-hybridized carbons (Fsp3) is 0.560. The van der Waals surface area contributed by atoms with Gasteiger partial charge < -0.3 is 19.6 Å². The molecule has 34 heavy (non-hydrogen) atoms. The zero-order valence-corrected chi connectivity index (χ0v) is 20.9. The monoisotopic (exact) mass is 506 g/mol. The van der Waals surface area contributed by atoms with Crippen LogP contribution in [-0.2, 0) is 19.1 Å². The lowest BCUT2D eigenvalue weighted by Crippen LogP contribution is -2.55. The molecule has 3 aliphatic heterocycles. The van der Waals surface area contributed by atoms with E-state index in [2.05, 4.69) is 6.58 Å². The molecule has 2 amide bonds. The Morgan fingerprint density at radius 3 is 2.74 bits per heavy atom. The minimum Gasteiger partial charge on any atom is -0.466 e. The van der Waals surface area contributed by atoms with Gasteiger partial charge in [-0.3, -0.25) is 14.4 Å². The number of hydrogen-bond acceptors (Lipinski definition) is 6. The van der Waals surface area contributed by atoms with Crippen molar-refractivity contribution in [2.45, 2.75) is 48.6 Å². The first-order valence-electron chi connectivity index (χ1n) is 11.8. The molecule has 1 aromatic rings. The number of ether oxygens (including phenoxy) is 1. The number of carbonyl (C=O) groups excluding carboxylic acids is 3. The maximum Gasteiger partial charge on any atom is 0.310 e. The molecular weight excluding hydrogens is 476 g/mol. The van der Waals surface area contributed by atoms with Crippen molar-refractivity contribution in [1.29, 1.82) is 0 Å². The molecule has 2 bridgehead atoms. The molecule has 9 heteroatoms. The average Bonchev–Trinajstić information content (AvgIpc) is 3.46. The van der Waals surface area contributed by atoms with Crippen molar-refractivity contribution >= 4 is 46.8 Å². The fourth-order valence-corrected chi connectivity index (χ4v) is 8.12. The quantitative estimate of drug-likeness (QED) is 0.298. The van der Waals surface area contributed by atoms with Crippen LogP contribution in [0.2, 0.25) is 5.02 Å². The van der Waals surface area contributed by atoms with Crippen molar-refractivity contribution in [2.24, 2.45) is 11.8 Å². The molecule has 1 spiro atoms. The first-order valence-corrected chi connectivity index (χ1v) is 13.1. The molecule has 0 saturated carbocycles. The Balaban J connectivity index is 1.74. The molecule has 7 nitrogen and oxygen atoms in total. The number of likely N-dealkylation sites (tertiary alicyclic amines) is 1. The number of amides is 2. The van der Waals surface area contributed by atoms with Gasteiger partial charge in [-0.1, -0.05) is 17.7 Å². The van der Waals surface area contributed by atoms with Crippen molar-refractivity contribution in [3.8, 4) is 0 Å². The third kappa shape index (κ3) is 4.14. The average molecular weight is 507 g/mol. The predicted molar refractivity (Wildman–Crippen MR) is 133 cm³/mol. The largest absolute Gasteiger partial charge is 0.466 e. The van der Waals surface area contributed by atoms with Crippen LogP contribution in [0.25, 0.3) is 0 Å². The van der Waals surface area contributed by atoms with E-state index in [9.17, 15) is 19.5 Å². The second kappa shape index (κ2) is 10.3. The zero-order chi connectivity index (χ0) is 24.5. The second-order valence-electron chi connectivity index (χ2n) is 8.98. The van der Waals surface area contributed by atoms with Crippen LogP contribution in [0, 0.1) is 11.8 Å². The summed E-state index contributed by atoms with van der Waals surface area (Å²) in [5.41, 5.74) is 0.677. The van der Waals surface area contributed by atoms with Crippen LogP contribution < -0.4 is 4.90 Å². The van der Waals surface area contributed by atoms with E-state index >= 15 is 0 Å². The van der Waals surface area contributed by atoms with Crippen LogP contribution >= 0.6 is 23.4 Å². The van der Waals surface area contributed by atoms with E-state index in [1.165, 1.54) is 0 Å². The summed E-state index contributed by atoms with van der Waals surface area (Å²) in [5.74, 6) is -1.79. The molecule has 4 rings (SSSR count). The van der Waals surface area contributed by atoms with Gasteiger partial charge >= 0.3 is 5.97 Å². The molecule has 1 N–H and O–H groups in total. The minimum atomic E-state index is -0.700. The number of thioether (sulfide) groups is 1. The molecule has 3 saturated heterocycles. The summed E-state index contributed by atoms with van der Waals surface area (Å²) < 4.78 is 4.69. The molecule has 5 atom stereocenters. The molecule has 3 aliphatic rings. The molecule has 1 aromatic carbocycles. The third-order valence-corrected chi connectivity index (χ3v) is 9.32. The third-order valence-electron chi connectivity index (χ3n) is 7.12. The second-order valence-corrected chi connectivity index (χ2v) is 11.0. The maximum atomic E-state index is 14.2. The summed E-state index contributed by atoms with van der Waals surface area (Å²) in [5, 5.41) is 9.83. The fourth-order valence-electron chi connectivity index (χ4n) is 5.79. The van der Waals surface area contributed by atoms with Crippen LogP contribution in [0.1, 0.15) is 32.6 Å². The molecule has 0 aromatic heterocycles. The zero-order valence-electron chi connectivity index (χ0n) is 19.3. The van der Waals surface area contributed by atoms with E-state index in [0.29, 0.717) is 36.5 Å². The van der Waals surface area contributed by atoms with E-state index in [-0.39, 0.29) is 42.8 Å². The Labute approximate surface area is 209 Å². The van der Waals surface area contributed by atoms with Gasteiger partial charge in [-0.25, -0.2) is 0 Å². The van der Waals surface area contributed by atoms with Crippen molar-refractivity contribution < 1.29 is 24.2 Å². The summed E-state index contributed by atoms with van der Waals surface area (Å²) in [6, 6.07) is 6.33. The number of halogens is 1. The smallest absolute Gasteiger partial charge is 0.310 e. The van der Waals surface area contributed by atoms with Gasteiger partial charge in [0.15, 0.2) is 0 Å². The van der Waals surface area contributed by atoms with E-state index < -0.39 is 22.6 Å². The number of rotatable bonds is 10. The number of nitrogens with zero attached hydrogens (tertiary/aromatic N) is 2. The Bertz CT molecular complexity index is 957. The van der Waals surface area contributed by atoms with Crippen LogP contribution in [0.5, 0.6) is 0 Å². The number of anilines is 1. The number of aliphatic hydroxyl groups excluding tert-OH is 1. The van der Waals surface area contributed by atoms with Crippen LogP contribution in [0.15, 0.2) is 36.9 Å². The summed E-state index contributed by atoms with van der Waals surface area (Å²) >= 11 is 7.68. The standard InChI is InChI=1S/C25H31ClN2O5S/c1-3-13-27(17-9-7-16(26)8-10-17)23(31)21-25-12-11-18(34-25)19(24(32)33-4-2)20(25)22(30)28(21)14-5-6-15-29/h3,7-10,18-21,29H,1,4-6,11-15H2,2H3/t18-,19+,20+,21?,25?/m1/s1. The number of hydrogen-bond donors (Lipinski definition) is 1. The summed E-state index contributed by atoms with van der Waals surface area (Å²) in [4.78, 5) is 44.2. The van der Waals surface area contributed by atoms with Gasteiger partial charge in [-0.05, 0) is 56.9 Å². The number of esters is 1. The highest BCUT2D eigenvalue weighted by Gasteiger charge is 2.74. The Morgan fingerprint density at radius 1 is 1.35 bits per heavy atom. The number of aliphatic hydroxyl groups is 1. The van der Waals surface area contributed by atoms with Crippen molar-refractivity contribution in [3.63, 3.8) is 0 Å². The molecule has 2 unspecified atom stereocenters. The van der Waals surface area contributed by atoms with Gasteiger partial charge in [-0.2, -0.15) is 0 Å². The van der Waals surface area contributed by atoms with E-state index in [4.69, 9.17) is 16.3 Å². The summed E-state index contributed by atoms with van der Waals surface area (Å²) in [6.45, 7) is 6.50. The predicted octanol–water partition coefficient (Wildman–Crippen LogP) is 3.29. The highest BCUT2D eigenvalue weighted by molar-refractivity contribution is 8.02. The van der Waals surface area contributed by atoms with Crippen molar-refractivity contribution in [1.82, 2.24) is 4.90 Å². The Morgan fingerprint density at radius 2 is 2.09 bits per heavy atom. The van der Waals surface area contributed by atoms with Crippen molar-refractivity contribution in [2.75, 3.05) is 31.2 Å². The van der Waals surface area contributed by atoms with Crippen LogP contribution in [0.4, 0.5) is 5.69 Å². The van der Waals surface area contributed by atoms with Crippen LogP contribution in [-0.4, -0.2) is 70.1 Å². The summed E-state index contributed by atoms with van der Waals surface area (Å²) in [7, 11) is 0. The number of carbonyl (C=O) groups is 3. The highest BCUT2D eigenvalue weighted by Crippen LogP contribution is 2.66. The highest BCUT2D eigenvalue weighted by atomic mass is 35.5. The molecule has 3 fully saturated rings. The molecule has 0 radical (unpaired) electrons.